The molecule has 6 nitrogen and oxygen atoms in total. The molecule has 26 heavy (non-hydrogen) atoms. The number of nitrogens with one attached hydrogen (secondary N) is 2. The van der Waals surface area contributed by atoms with Crippen LogP contribution in [0.4, 0.5) is 10.5 Å². The average Bonchev–Trinajstić information content (AvgIpc) is 2.64. The number of rotatable bonds is 5. The van der Waals surface area contributed by atoms with Gasteiger partial charge in [-0.05, 0) is 38.8 Å². The normalized spacial score (nSPS) is 18.0. The number of aromatic nitrogens is 1. The molecule has 0 saturated carbocycles. The fraction of sp³-hybridized carbons (Fsp3) is 0.500. The van der Waals surface area contributed by atoms with Gasteiger partial charge in [-0.3, -0.25) is 4.79 Å². The zero-order chi connectivity index (χ0) is 18.5. The van der Waals surface area contributed by atoms with Crippen LogP contribution in [0.5, 0.6) is 0 Å². The SMILES string of the molecule is C[C@H]1CCCCN1CCCNC(=O)Nc1cn(C)c(=O)c2ccccc12. The molecule has 1 fully saturated rings. The third-order valence-corrected chi connectivity index (χ3v) is 5.19. The second-order valence-electron chi connectivity index (χ2n) is 7.12. The molecule has 140 valence electrons. The molecule has 0 unspecified atom stereocenters. The van der Waals surface area contributed by atoms with E-state index in [1.807, 2.05) is 18.2 Å². The van der Waals surface area contributed by atoms with Crippen LogP contribution in [-0.2, 0) is 7.05 Å². The van der Waals surface area contributed by atoms with Crippen molar-refractivity contribution in [3.8, 4) is 0 Å². The first-order valence-electron chi connectivity index (χ1n) is 9.43. The third-order valence-electron chi connectivity index (χ3n) is 5.19. The molecule has 2 N–H and O–H groups in total. The van der Waals surface area contributed by atoms with Crippen LogP contribution >= 0.6 is 0 Å². The highest BCUT2D eigenvalue weighted by atomic mass is 16.2. The number of urea groups is 1. The molecular formula is C20H28N4O2. The summed E-state index contributed by atoms with van der Waals surface area (Å²) in [6.45, 7) is 5.10. The Balaban J connectivity index is 1.55. The molecule has 1 atom stereocenters. The van der Waals surface area contributed by atoms with Crippen molar-refractivity contribution in [1.29, 1.82) is 0 Å². The van der Waals surface area contributed by atoms with E-state index in [0.717, 1.165) is 24.9 Å². The van der Waals surface area contributed by atoms with Crippen molar-refractivity contribution in [2.45, 2.75) is 38.6 Å². The highest BCUT2D eigenvalue weighted by Gasteiger charge is 2.17. The molecular weight excluding hydrogens is 328 g/mol. The van der Waals surface area contributed by atoms with Crippen LogP contribution in [0, 0.1) is 0 Å². The molecule has 0 aliphatic carbocycles. The van der Waals surface area contributed by atoms with Gasteiger partial charge in [0, 0.05) is 43.1 Å². The summed E-state index contributed by atoms with van der Waals surface area (Å²) < 4.78 is 1.50. The van der Waals surface area contributed by atoms with Crippen LogP contribution in [0.25, 0.3) is 10.8 Å². The highest BCUT2D eigenvalue weighted by Crippen LogP contribution is 2.20. The van der Waals surface area contributed by atoms with E-state index < -0.39 is 0 Å². The van der Waals surface area contributed by atoms with Gasteiger partial charge in [0.25, 0.3) is 5.56 Å². The maximum absolute atomic E-state index is 12.2. The van der Waals surface area contributed by atoms with Crippen molar-refractivity contribution in [3.63, 3.8) is 0 Å². The number of nitrogens with zero attached hydrogens (tertiary/aromatic N) is 2. The number of amides is 2. The van der Waals surface area contributed by atoms with Crippen molar-refractivity contribution in [1.82, 2.24) is 14.8 Å². The minimum atomic E-state index is -0.236. The Bertz CT molecular complexity index is 830. The minimum Gasteiger partial charge on any atom is -0.338 e. The number of hydrogen-bond acceptors (Lipinski definition) is 3. The number of carbonyl (C=O) groups excluding carboxylic acids is 1. The molecule has 2 amide bonds. The summed E-state index contributed by atoms with van der Waals surface area (Å²) in [5.41, 5.74) is 0.576. The summed E-state index contributed by atoms with van der Waals surface area (Å²) in [7, 11) is 1.69. The molecule has 1 aromatic carbocycles. The first-order chi connectivity index (χ1) is 12.6. The highest BCUT2D eigenvalue weighted by molar-refractivity contribution is 6.00. The zero-order valence-electron chi connectivity index (χ0n) is 15.6. The number of fused-ring (bicyclic) bond motifs is 1. The number of anilines is 1. The van der Waals surface area contributed by atoms with Crippen LogP contribution in [0.2, 0.25) is 0 Å². The lowest BCUT2D eigenvalue weighted by molar-refractivity contribution is 0.159. The molecule has 1 aromatic heterocycles. The van der Waals surface area contributed by atoms with Gasteiger partial charge in [-0.2, -0.15) is 0 Å². The van der Waals surface area contributed by atoms with Gasteiger partial charge >= 0.3 is 6.03 Å². The van der Waals surface area contributed by atoms with E-state index in [0.29, 0.717) is 23.7 Å². The summed E-state index contributed by atoms with van der Waals surface area (Å²) in [5, 5.41) is 7.16. The van der Waals surface area contributed by atoms with E-state index in [-0.39, 0.29) is 11.6 Å². The Hall–Kier alpha value is -2.34. The molecule has 1 aliphatic heterocycles. The Morgan fingerprint density at radius 1 is 1.23 bits per heavy atom. The van der Waals surface area contributed by atoms with E-state index in [4.69, 9.17) is 0 Å². The summed E-state index contributed by atoms with van der Waals surface area (Å²) in [6.07, 6.45) is 6.48. The van der Waals surface area contributed by atoms with Gasteiger partial charge in [-0.15, -0.1) is 0 Å². The van der Waals surface area contributed by atoms with E-state index in [1.54, 1.807) is 19.3 Å². The summed E-state index contributed by atoms with van der Waals surface area (Å²) in [5.74, 6) is 0. The Morgan fingerprint density at radius 2 is 2.00 bits per heavy atom. The number of hydrogen-bond donors (Lipinski definition) is 2. The lowest BCUT2D eigenvalue weighted by atomic mass is 10.0. The zero-order valence-corrected chi connectivity index (χ0v) is 15.6. The Morgan fingerprint density at radius 3 is 2.77 bits per heavy atom. The van der Waals surface area contributed by atoms with Crippen LogP contribution in [0.3, 0.4) is 0 Å². The predicted octanol–water partition coefficient (Wildman–Crippen LogP) is 2.92. The van der Waals surface area contributed by atoms with E-state index in [1.165, 1.54) is 23.8 Å². The number of piperidine rings is 1. The molecule has 0 bridgehead atoms. The Labute approximate surface area is 154 Å². The molecule has 0 spiro atoms. The monoisotopic (exact) mass is 356 g/mol. The minimum absolute atomic E-state index is 0.0674. The fourth-order valence-corrected chi connectivity index (χ4v) is 3.66. The first-order valence-corrected chi connectivity index (χ1v) is 9.43. The van der Waals surface area contributed by atoms with Crippen molar-refractivity contribution >= 4 is 22.5 Å². The topological polar surface area (TPSA) is 66.4 Å². The van der Waals surface area contributed by atoms with Crippen molar-refractivity contribution in [2.24, 2.45) is 7.05 Å². The van der Waals surface area contributed by atoms with Gasteiger partial charge in [-0.1, -0.05) is 24.6 Å². The quantitative estimate of drug-likeness (QED) is 0.810. The van der Waals surface area contributed by atoms with Crippen molar-refractivity contribution in [3.05, 3.63) is 40.8 Å². The lowest BCUT2D eigenvalue weighted by Crippen LogP contribution is -2.39. The van der Waals surface area contributed by atoms with Crippen molar-refractivity contribution < 1.29 is 4.79 Å². The number of likely N-dealkylation sites (tertiary alicyclic amines) is 1. The van der Waals surface area contributed by atoms with Gasteiger partial charge in [0.1, 0.15) is 0 Å². The van der Waals surface area contributed by atoms with Gasteiger partial charge in [0.15, 0.2) is 0 Å². The first kappa shape index (κ1) is 18.5. The fourth-order valence-electron chi connectivity index (χ4n) is 3.66. The summed E-state index contributed by atoms with van der Waals surface area (Å²) in [6, 6.07) is 7.74. The Kier molecular flexibility index (Phi) is 5.93. The smallest absolute Gasteiger partial charge is 0.319 e. The molecule has 2 heterocycles. The van der Waals surface area contributed by atoms with Gasteiger partial charge in [0.05, 0.1) is 5.69 Å². The molecule has 3 rings (SSSR count). The number of carbonyl (C=O) groups is 1. The van der Waals surface area contributed by atoms with E-state index in [9.17, 15) is 9.59 Å². The van der Waals surface area contributed by atoms with Crippen LogP contribution in [0.15, 0.2) is 35.3 Å². The summed E-state index contributed by atoms with van der Waals surface area (Å²) in [4.78, 5) is 26.9. The van der Waals surface area contributed by atoms with E-state index in [2.05, 4.69) is 22.5 Å². The molecule has 6 heteroatoms. The maximum Gasteiger partial charge on any atom is 0.319 e. The molecule has 2 aromatic rings. The third kappa shape index (κ3) is 4.25. The largest absolute Gasteiger partial charge is 0.338 e. The second kappa shape index (κ2) is 8.36. The second-order valence-corrected chi connectivity index (χ2v) is 7.12. The van der Waals surface area contributed by atoms with E-state index >= 15 is 0 Å². The maximum atomic E-state index is 12.2. The number of aryl methyl sites for hydroxylation is 1. The van der Waals surface area contributed by atoms with Crippen molar-refractivity contribution in [2.75, 3.05) is 25.0 Å². The standard InChI is InChI=1S/C20H28N4O2/c1-15-8-5-6-12-24(15)13-7-11-21-20(26)22-18-14-23(2)19(25)17-10-4-3-9-16(17)18/h3-4,9-10,14-15H,5-8,11-13H2,1-2H3,(H2,21,22,26)/t15-/m0/s1. The summed E-state index contributed by atoms with van der Waals surface area (Å²) >= 11 is 0. The van der Waals surface area contributed by atoms with Gasteiger partial charge < -0.3 is 20.1 Å². The van der Waals surface area contributed by atoms with Gasteiger partial charge in [0.2, 0.25) is 0 Å². The molecule has 1 saturated heterocycles. The average molecular weight is 356 g/mol. The number of pyridine rings is 1. The van der Waals surface area contributed by atoms with Crippen LogP contribution in [-0.4, -0.2) is 41.2 Å². The number of benzene rings is 1. The van der Waals surface area contributed by atoms with Crippen LogP contribution in [0.1, 0.15) is 32.6 Å². The predicted molar refractivity (Wildman–Crippen MR) is 106 cm³/mol. The molecule has 1 aliphatic rings. The van der Waals surface area contributed by atoms with Gasteiger partial charge in [-0.25, -0.2) is 4.79 Å². The van der Waals surface area contributed by atoms with Crippen LogP contribution < -0.4 is 16.2 Å². The lowest BCUT2D eigenvalue weighted by Gasteiger charge is -2.33. The molecule has 0 radical (unpaired) electrons.